The SMILES string of the molecule is O=C1CN(C(=O)NC2CCC(=O)NC2=O)C(C(=O)O)CN1. The van der Waals surface area contributed by atoms with Crippen LogP contribution in [0.5, 0.6) is 0 Å². The normalized spacial score (nSPS) is 25.9. The van der Waals surface area contributed by atoms with E-state index in [0.717, 1.165) is 4.90 Å². The summed E-state index contributed by atoms with van der Waals surface area (Å²) in [5.74, 6) is -2.81. The number of rotatable bonds is 2. The first kappa shape index (κ1) is 14.8. The van der Waals surface area contributed by atoms with Gasteiger partial charge < -0.3 is 15.7 Å². The Hall–Kier alpha value is -2.65. The first-order valence-electron chi connectivity index (χ1n) is 6.29. The van der Waals surface area contributed by atoms with Crippen LogP contribution in [0.2, 0.25) is 0 Å². The van der Waals surface area contributed by atoms with Crippen LogP contribution in [0.4, 0.5) is 4.79 Å². The fraction of sp³-hybridized carbons (Fsp3) is 0.545. The molecular formula is C11H14N4O6. The molecule has 0 spiro atoms. The van der Waals surface area contributed by atoms with E-state index in [4.69, 9.17) is 5.11 Å². The van der Waals surface area contributed by atoms with Gasteiger partial charge >= 0.3 is 12.0 Å². The first-order chi connectivity index (χ1) is 9.88. The van der Waals surface area contributed by atoms with Gasteiger partial charge in [0.25, 0.3) is 0 Å². The monoisotopic (exact) mass is 298 g/mol. The number of amides is 5. The summed E-state index contributed by atoms with van der Waals surface area (Å²) in [7, 11) is 0. The van der Waals surface area contributed by atoms with Crippen molar-refractivity contribution < 1.29 is 29.1 Å². The second kappa shape index (κ2) is 5.77. The van der Waals surface area contributed by atoms with E-state index in [2.05, 4.69) is 16.0 Å². The number of carboxylic acid groups (broad SMARTS) is 1. The van der Waals surface area contributed by atoms with E-state index in [0.29, 0.717) is 0 Å². The van der Waals surface area contributed by atoms with Crippen LogP contribution in [0.1, 0.15) is 12.8 Å². The van der Waals surface area contributed by atoms with E-state index in [1.54, 1.807) is 0 Å². The van der Waals surface area contributed by atoms with E-state index in [-0.39, 0.29) is 19.4 Å². The lowest BCUT2D eigenvalue weighted by atomic mass is 10.1. The van der Waals surface area contributed by atoms with Gasteiger partial charge in [0.1, 0.15) is 18.6 Å². The smallest absolute Gasteiger partial charge is 0.328 e. The summed E-state index contributed by atoms with van der Waals surface area (Å²) >= 11 is 0. The molecule has 2 fully saturated rings. The van der Waals surface area contributed by atoms with Crippen molar-refractivity contribution in [3.05, 3.63) is 0 Å². The van der Waals surface area contributed by atoms with E-state index >= 15 is 0 Å². The average Bonchev–Trinajstić information content (AvgIpc) is 2.41. The van der Waals surface area contributed by atoms with E-state index in [1.165, 1.54) is 0 Å². The number of aliphatic carboxylic acids is 1. The molecule has 4 N–H and O–H groups in total. The largest absolute Gasteiger partial charge is 0.480 e. The third kappa shape index (κ3) is 3.27. The molecule has 0 aromatic rings. The predicted octanol–water partition coefficient (Wildman–Crippen LogP) is -2.61. The zero-order valence-electron chi connectivity index (χ0n) is 10.9. The topological polar surface area (TPSA) is 145 Å². The Kier molecular flexibility index (Phi) is 4.05. The molecule has 2 rings (SSSR count). The summed E-state index contributed by atoms with van der Waals surface area (Å²) in [6.07, 6.45) is 0.216. The number of piperidine rings is 1. The standard InChI is InChI=1S/C11H14N4O6/c16-7-2-1-5(9(18)14-7)13-11(21)15-4-8(17)12-3-6(15)10(19)20/h5-6H,1-4H2,(H,12,17)(H,13,21)(H,19,20)(H,14,16,18). The number of piperazine rings is 1. The number of nitrogens with one attached hydrogen (secondary N) is 3. The van der Waals surface area contributed by atoms with E-state index < -0.39 is 48.4 Å². The molecule has 2 unspecified atom stereocenters. The maximum atomic E-state index is 12.1. The molecule has 2 aliphatic heterocycles. The Balaban J connectivity index is 2.03. The van der Waals surface area contributed by atoms with Crippen LogP contribution in [-0.4, -0.2) is 64.9 Å². The minimum Gasteiger partial charge on any atom is -0.480 e. The number of urea groups is 1. The summed E-state index contributed by atoms with van der Waals surface area (Å²) in [5, 5.41) is 15.8. The third-order valence-electron chi connectivity index (χ3n) is 3.27. The van der Waals surface area contributed by atoms with Crippen LogP contribution < -0.4 is 16.0 Å². The van der Waals surface area contributed by atoms with Crippen molar-refractivity contribution in [2.75, 3.05) is 13.1 Å². The number of hydrogen-bond acceptors (Lipinski definition) is 5. The lowest BCUT2D eigenvalue weighted by Crippen LogP contribution is -2.63. The summed E-state index contributed by atoms with van der Waals surface area (Å²) in [5.41, 5.74) is 0. The molecular weight excluding hydrogens is 284 g/mol. The molecule has 2 aliphatic rings. The number of imide groups is 1. The van der Waals surface area contributed by atoms with Crippen molar-refractivity contribution in [3.63, 3.8) is 0 Å². The van der Waals surface area contributed by atoms with Gasteiger partial charge in [-0.2, -0.15) is 0 Å². The molecule has 21 heavy (non-hydrogen) atoms. The number of carbonyl (C=O) groups excluding carboxylic acids is 4. The van der Waals surface area contributed by atoms with Gasteiger partial charge in [0.05, 0.1) is 0 Å². The van der Waals surface area contributed by atoms with Crippen molar-refractivity contribution >= 4 is 29.7 Å². The Morgan fingerprint density at radius 1 is 1.24 bits per heavy atom. The molecule has 114 valence electrons. The maximum absolute atomic E-state index is 12.1. The van der Waals surface area contributed by atoms with Crippen molar-refractivity contribution in [1.29, 1.82) is 0 Å². The van der Waals surface area contributed by atoms with Crippen LogP contribution in [0.3, 0.4) is 0 Å². The molecule has 5 amide bonds. The molecule has 2 atom stereocenters. The molecule has 0 saturated carbocycles. The van der Waals surface area contributed by atoms with Gasteiger partial charge in [0.15, 0.2) is 0 Å². The highest BCUT2D eigenvalue weighted by atomic mass is 16.4. The number of hydrogen-bond donors (Lipinski definition) is 4. The second-order valence-corrected chi connectivity index (χ2v) is 4.74. The molecule has 2 saturated heterocycles. The second-order valence-electron chi connectivity index (χ2n) is 4.74. The highest BCUT2D eigenvalue weighted by Crippen LogP contribution is 2.08. The Morgan fingerprint density at radius 2 is 1.95 bits per heavy atom. The number of carboxylic acids is 1. The molecule has 0 bridgehead atoms. The zero-order valence-corrected chi connectivity index (χ0v) is 10.9. The fourth-order valence-corrected chi connectivity index (χ4v) is 2.14. The molecule has 0 aromatic carbocycles. The van der Waals surface area contributed by atoms with Crippen LogP contribution in [-0.2, 0) is 19.2 Å². The molecule has 0 aliphatic carbocycles. The summed E-state index contributed by atoms with van der Waals surface area (Å²) < 4.78 is 0. The quantitative estimate of drug-likeness (QED) is 0.411. The van der Waals surface area contributed by atoms with Gasteiger partial charge in [0, 0.05) is 13.0 Å². The van der Waals surface area contributed by atoms with Gasteiger partial charge in [-0.3, -0.25) is 24.6 Å². The van der Waals surface area contributed by atoms with Gasteiger partial charge in [-0.25, -0.2) is 9.59 Å². The van der Waals surface area contributed by atoms with E-state index in [1.807, 2.05) is 0 Å². The van der Waals surface area contributed by atoms with Gasteiger partial charge in [-0.15, -0.1) is 0 Å². The lowest BCUT2D eigenvalue weighted by Gasteiger charge is -2.34. The number of nitrogens with zero attached hydrogens (tertiary/aromatic N) is 1. The van der Waals surface area contributed by atoms with E-state index in [9.17, 15) is 24.0 Å². The van der Waals surface area contributed by atoms with Crippen molar-refractivity contribution in [2.45, 2.75) is 24.9 Å². The Morgan fingerprint density at radius 3 is 2.57 bits per heavy atom. The van der Waals surface area contributed by atoms with Gasteiger partial charge in [-0.1, -0.05) is 0 Å². The molecule has 0 radical (unpaired) electrons. The molecule has 10 heteroatoms. The highest BCUT2D eigenvalue weighted by molar-refractivity contribution is 6.02. The first-order valence-corrected chi connectivity index (χ1v) is 6.29. The minimum absolute atomic E-state index is 0.0829. The summed E-state index contributed by atoms with van der Waals surface area (Å²) in [6.45, 7) is -0.604. The lowest BCUT2D eigenvalue weighted by molar-refractivity contribution is -0.144. The maximum Gasteiger partial charge on any atom is 0.328 e. The number of carbonyl (C=O) groups is 5. The van der Waals surface area contributed by atoms with Crippen LogP contribution in [0.25, 0.3) is 0 Å². The van der Waals surface area contributed by atoms with Crippen LogP contribution in [0.15, 0.2) is 0 Å². The predicted molar refractivity (Wildman–Crippen MR) is 65.8 cm³/mol. The summed E-state index contributed by atoms with van der Waals surface area (Å²) in [4.78, 5) is 57.8. The summed E-state index contributed by atoms with van der Waals surface area (Å²) in [6, 6.07) is -2.95. The van der Waals surface area contributed by atoms with Crippen molar-refractivity contribution in [1.82, 2.24) is 20.9 Å². The zero-order chi connectivity index (χ0) is 15.6. The highest BCUT2D eigenvalue weighted by Gasteiger charge is 2.37. The molecule has 10 nitrogen and oxygen atoms in total. The van der Waals surface area contributed by atoms with Crippen LogP contribution in [0, 0.1) is 0 Å². The Labute approximate surface area is 118 Å². The molecule has 0 aromatic heterocycles. The van der Waals surface area contributed by atoms with Crippen molar-refractivity contribution in [3.8, 4) is 0 Å². The minimum atomic E-state index is -1.26. The van der Waals surface area contributed by atoms with Crippen molar-refractivity contribution in [2.24, 2.45) is 0 Å². The van der Waals surface area contributed by atoms with Gasteiger partial charge in [0.2, 0.25) is 17.7 Å². The molecule has 2 heterocycles. The van der Waals surface area contributed by atoms with Gasteiger partial charge in [-0.05, 0) is 6.42 Å². The Bertz CT molecular complexity index is 519. The third-order valence-corrected chi connectivity index (χ3v) is 3.27. The fourth-order valence-electron chi connectivity index (χ4n) is 2.14. The average molecular weight is 298 g/mol. The van der Waals surface area contributed by atoms with Crippen LogP contribution >= 0.6 is 0 Å².